The van der Waals surface area contributed by atoms with E-state index in [1.54, 1.807) is 23.1 Å². The molecule has 2 aromatic carbocycles. The normalized spacial score (nSPS) is 15.3. The second-order valence-electron chi connectivity index (χ2n) is 7.40. The highest BCUT2D eigenvalue weighted by atomic mass is 35.5. The van der Waals surface area contributed by atoms with E-state index in [2.05, 4.69) is 10.0 Å². The van der Waals surface area contributed by atoms with Crippen molar-refractivity contribution in [3.63, 3.8) is 0 Å². The molecule has 0 bridgehead atoms. The van der Waals surface area contributed by atoms with E-state index in [0.717, 1.165) is 6.42 Å². The number of nitrogens with one attached hydrogen (secondary N) is 2. The van der Waals surface area contributed by atoms with Crippen LogP contribution < -0.4 is 19.5 Å². The van der Waals surface area contributed by atoms with Gasteiger partial charge in [-0.05, 0) is 43.2 Å². The van der Waals surface area contributed by atoms with E-state index in [0.29, 0.717) is 43.1 Å². The number of benzene rings is 2. The monoisotopic (exact) mass is 479 g/mol. The fraction of sp³-hybridized carbons (Fsp3) is 0.333. The predicted octanol–water partition coefficient (Wildman–Crippen LogP) is 2.61. The number of sulfonamides is 1. The average molecular weight is 480 g/mol. The van der Waals surface area contributed by atoms with E-state index in [9.17, 15) is 18.0 Å². The van der Waals surface area contributed by atoms with Crippen LogP contribution in [-0.4, -0.2) is 51.6 Å². The number of amides is 2. The van der Waals surface area contributed by atoms with E-state index >= 15 is 0 Å². The molecule has 0 atom stereocenters. The molecule has 2 aliphatic heterocycles. The van der Waals surface area contributed by atoms with E-state index in [4.69, 9.17) is 21.1 Å². The molecule has 32 heavy (non-hydrogen) atoms. The van der Waals surface area contributed by atoms with Gasteiger partial charge in [0.05, 0.1) is 15.5 Å². The first-order chi connectivity index (χ1) is 15.3. The Bertz CT molecular complexity index is 1150. The SMILES string of the molecule is O=C(Nc1ccc2c(c1)OCO2)c1cc(S(=O)(=O)NCCCN2CCCC2=O)ccc1Cl. The summed E-state index contributed by atoms with van der Waals surface area (Å²) in [4.78, 5) is 26.0. The summed E-state index contributed by atoms with van der Waals surface area (Å²) in [6.45, 7) is 1.50. The van der Waals surface area contributed by atoms with Gasteiger partial charge in [-0.3, -0.25) is 9.59 Å². The van der Waals surface area contributed by atoms with Gasteiger partial charge in [0.15, 0.2) is 11.5 Å². The molecule has 2 amide bonds. The van der Waals surface area contributed by atoms with Crippen LogP contribution in [0.25, 0.3) is 0 Å². The first-order valence-corrected chi connectivity index (χ1v) is 12.0. The van der Waals surface area contributed by atoms with Crippen LogP contribution in [0.15, 0.2) is 41.3 Å². The lowest BCUT2D eigenvalue weighted by molar-refractivity contribution is -0.127. The Morgan fingerprint density at radius 3 is 2.72 bits per heavy atom. The zero-order valence-electron chi connectivity index (χ0n) is 17.1. The summed E-state index contributed by atoms with van der Waals surface area (Å²) in [5, 5.41) is 2.80. The number of hydrogen-bond acceptors (Lipinski definition) is 6. The molecular formula is C21H22ClN3O6S. The molecule has 1 fully saturated rings. The van der Waals surface area contributed by atoms with Gasteiger partial charge in [0.25, 0.3) is 5.91 Å². The van der Waals surface area contributed by atoms with Gasteiger partial charge in [-0.25, -0.2) is 13.1 Å². The molecular weight excluding hydrogens is 458 g/mol. The summed E-state index contributed by atoms with van der Waals surface area (Å²) in [7, 11) is -3.85. The molecule has 0 aliphatic carbocycles. The van der Waals surface area contributed by atoms with Crippen molar-refractivity contribution < 1.29 is 27.5 Å². The number of hydrogen-bond donors (Lipinski definition) is 2. The Morgan fingerprint density at radius 1 is 1.12 bits per heavy atom. The van der Waals surface area contributed by atoms with Gasteiger partial charge in [-0.1, -0.05) is 11.6 Å². The van der Waals surface area contributed by atoms with Crippen molar-refractivity contribution in [2.24, 2.45) is 0 Å². The smallest absolute Gasteiger partial charge is 0.257 e. The maximum atomic E-state index is 12.7. The van der Waals surface area contributed by atoms with Gasteiger partial charge in [-0.15, -0.1) is 0 Å². The molecule has 2 aromatic rings. The first kappa shape index (κ1) is 22.4. The number of carbonyl (C=O) groups excluding carboxylic acids is 2. The number of rotatable bonds is 8. The summed E-state index contributed by atoms with van der Waals surface area (Å²) in [5.74, 6) is 0.626. The second-order valence-corrected chi connectivity index (χ2v) is 9.57. The van der Waals surface area contributed by atoms with Gasteiger partial charge in [0.1, 0.15) is 0 Å². The quantitative estimate of drug-likeness (QED) is 0.562. The lowest BCUT2D eigenvalue weighted by Gasteiger charge is -2.15. The van der Waals surface area contributed by atoms with Crippen molar-refractivity contribution in [1.29, 1.82) is 0 Å². The van der Waals surface area contributed by atoms with Gasteiger partial charge in [0, 0.05) is 37.8 Å². The van der Waals surface area contributed by atoms with Crippen LogP contribution in [0.4, 0.5) is 5.69 Å². The highest BCUT2D eigenvalue weighted by molar-refractivity contribution is 7.89. The van der Waals surface area contributed by atoms with Gasteiger partial charge < -0.3 is 19.7 Å². The second kappa shape index (κ2) is 9.35. The van der Waals surface area contributed by atoms with E-state index < -0.39 is 15.9 Å². The van der Waals surface area contributed by atoms with Crippen molar-refractivity contribution in [2.75, 3.05) is 31.7 Å². The fourth-order valence-electron chi connectivity index (χ4n) is 3.52. The molecule has 0 unspecified atom stereocenters. The number of anilines is 1. The van der Waals surface area contributed by atoms with Crippen molar-refractivity contribution in [2.45, 2.75) is 24.2 Å². The third-order valence-corrected chi connectivity index (χ3v) is 6.98. The van der Waals surface area contributed by atoms with Crippen molar-refractivity contribution in [3.8, 4) is 11.5 Å². The molecule has 0 saturated carbocycles. The molecule has 4 rings (SSSR count). The highest BCUT2D eigenvalue weighted by Crippen LogP contribution is 2.34. The zero-order chi connectivity index (χ0) is 22.7. The van der Waals surface area contributed by atoms with Crippen LogP contribution in [0, 0.1) is 0 Å². The molecule has 2 aliphatic rings. The van der Waals surface area contributed by atoms with E-state index in [1.807, 2.05) is 0 Å². The molecule has 0 aromatic heterocycles. The maximum Gasteiger partial charge on any atom is 0.257 e. The number of ether oxygens (including phenoxy) is 2. The van der Waals surface area contributed by atoms with Crippen molar-refractivity contribution in [3.05, 3.63) is 47.0 Å². The summed E-state index contributed by atoms with van der Waals surface area (Å²) >= 11 is 6.16. The molecule has 2 N–H and O–H groups in total. The molecule has 2 heterocycles. The summed E-state index contributed by atoms with van der Waals surface area (Å²) < 4.78 is 38.4. The average Bonchev–Trinajstić information content (AvgIpc) is 3.39. The number of likely N-dealkylation sites (tertiary alicyclic amines) is 1. The van der Waals surface area contributed by atoms with Gasteiger partial charge in [0.2, 0.25) is 22.7 Å². The molecule has 170 valence electrons. The Balaban J connectivity index is 1.40. The minimum atomic E-state index is -3.85. The first-order valence-electron chi connectivity index (χ1n) is 10.1. The maximum absolute atomic E-state index is 12.7. The molecule has 11 heteroatoms. The van der Waals surface area contributed by atoms with Crippen LogP contribution in [0.3, 0.4) is 0 Å². The third-order valence-electron chi connectivity index (χ3n) is 5.19. The largest absolute Gasteiger partial charge is 0.454 e. The zero-order valence-corrected chi connectivity index (χ0v) is 18.7. The van der Waals surface area contributed by atoms with E-state index in [1.165, 1.54) is 18.2 Å². The molecule has 1 saturated heterocycles. The Labute approximate surface area is 190 Å². The summed E-state index contributed by atoms with van der Waals surface area (Å²) in [6.07, 6.45) is 1.88. The molecule has 0 radical (unpaired) electrons. The lowest BCUT2D eigenvalue weighted by Crippen LogP contribution is -2.30. The standard InChI is InChI=1S/C21H22ClN3O6S/c22-17-6-5-15(32(28,29)23-8-2-10-25-9-1-3-20(25)26)12-16(17)21(27)24-14-4-7-18-19(11-14)31-13-30-18/h4-7,11-12,23H,1-3,8-10,13H2,(H,24,27). The lowest BCUT2D eigenvalue weighted by atomic mass is 10.2. The summed E-state index contributed by atoms with van der Waals surface area (Å²) in [6, 6.07) is 8.87. The minimum absolute atomic E-state index is 0.0230. The van der Waals surface area contributed by atoms with Gasteiger partial charge >= 0.3 is 0 Å². The summed E-state index contributed by atoms with van der Waals surface area (Å²) in [5.41, 5.74) is 0.480. The topological polar surface area (TPSA) is 114 Å². The number of carbonyl (C=O) groups is 2. The van der Waals surface area contributed by atoms with Crippen LogP contribution in [-0.2, 0) is 14.8 Å². The Hall–Kier alpha value is -2.82. The van der Waals surface area contributed by atoms with Crippen LogP contribution in [0.5, 0.6) is 11.5 Å². The van der Waals surface area contributed by atoms with Crippen molar-refractivity contribution >= 4 is 39.1 Å². The van der Waals surface area contributed by atoms with Crippen LogP contribution in [0.1, 0.15) is 29.6 Å². The molecule has 0 spiro atoms. The van der Waals surface area contributed by atoms with E-state index in [-0.39, 0.29) is 34.7 Å². The van der Waals surface area contributed by atoms with Crippen LogP contribution >= 0.6 is 11.6 Å². The number of nitrogens with zero attached hydrogens (tertiary/aromatic N) is 1. The minimum Gasteiger partial charge on any atom is -0.454 e. The Morgan fingerprint density at radius 2 is 1.94 bits per heavy atom. The number of fused-ring (bicyclic) bond motifs is 1. The van der Waals surface area contributed by atoms with Gasteiger partial charge in [-0.2, -0.15) is 0 Å². The fourth-order valence-corrected chi connectivity index (χ4v) is 4.82. The number of halogens is 1. The van der Waals surface area contributed by atoms with Crippen LogP contribution in [0.2, 0.25) is 5.02 Å². The molecule has 9 nitrogen and oxygen atoms in total. The highest BCUT2D eigenvalue weighted by Gasteiger charge is 2.22. The third kappa shape index (κ3) is 4.98. The Kier molecular flexibility index (Phi) is 6.54. The predicted molar refractivity (Wildman–Crippen MR) is 118 cm³/mol. The van der Waals surface area contributed by atoms with Crippen molar-refractivity contribution in [1.82, 2.24) is 9.62 Å².